The zero-order chi connectivity index (χ0) is 15.8. The van der Waals surface area contributed by atoms with Crippen molar-refractivity contribution >= 4 is 29.1 Å². The molecular formula is C15H21BBrNO3. The Hall–Kier alpha value is -0.815. The van der Waals surface area contributed by atoms with Gasteiger partial charge >= 0.3 is 7.12 Å². The molecule has 3 N–H and O–H groups in total. The molecule has 4 nitrogen and oxygen atoms in total. The summed E-state index contributed by atoms with van der Waals surface area (Å²) in [6.07, 6.45) is 1.82. The van der Waals surface area contributed by atoms with Gasteiger partial charge in [-0.25, -0.2) is 0 Å². The number of benzene rings is 1. The Morgan fingerprint density at radius 2 is 1.86 bits per heavy atom. The summed E-state index contributed by atoms with van der Waals surface area (Å²) >= 11 is 3.39. The molecule has 21 heavy (non-hydrogen) atoms. The first-order chi connectivity index (χ1) is 9.66. The van der Waals surface area contributed by atoms with Gasteiger partial charge in [0.15, 0.2) is 0 Å². The number of halogens is 1. The van der Waals surface area contributed by atoms with Crippen molar-refractivity contribution in [3.05, 3.63) is 33.7 Å². The number of nitrogens with two attached hydrogens (primary N) is 1. The van der Waals surface area contributed by atoms with Crippen molar-refractivity contribution in [3.63, 3.8) is 0 Å². The normalized spacial score (nSPS) is 20.9. The molecule has 1 aromatic rings. The molecule has 0 bridgehead atoms. The van der Waals surface area contributed by atoms with Gasteiger partial charge in [-0.05, 0) is 51.4 Å². The highest BCUT2D eigenvalue weighted by atomic mass is 79.9. The van der Waals surface area contributed by atoms with E-state index in [1.165, 1.54) is 0 Å². The standard InChI is InChI=1S/C15H21BBrNO3/c1-14(2)15(3,4)21-16(20-14)11(9-18)7-10-8-12(17)5-6-13(10)19/h5-8,19H,9,18H2,1-4H3. The van der Waals surface area contributed by atoms with Crippen LogP contribution in [0.3, 0.4) is 0 Å². The number of phenols is 1. The second-order valence-corrected chi connectivity index (χ2v) is 7.13. The first-order valence-corrected chi connectivity index (χ1v) is 7.70. The van der Waals surface area contributed by atoms with Gasteiger partial charge in [0, 0.05) is 16.6 Å². The summed E-state index contributed by atoms with van der Waals surface area (Å²) in [4.78, 5) is 0. The van der Waals surface area contributed by atoms with E-state index in [1.807, 2.05) is 39.8 Å². The molecule has 6 heteroatoms. The molecule has 0 atom stereocenters. The smallest absolute Gasteiger partial charge is 0.491 e. The molecule has 0 radical (unpaired) electrons. The third kappa shape index (κ3) is 3.34. The second-order valence-electron chi connectivity index (χ2n) is 6.21. The Bertz CT molecular complexity index is 556. The fraction of sp³-hybridized carbons (Fsp3) is 0.467. The van der Waals surface area contributed by atoms with Crippen LogP contribution >= 0.6 is 15.9 Å². The van der Waals surface area contributed by atoms with Gasteiger partial charge < -0.3 is 20.1 Å². The summed E-state index contributed by atoms with van der Waals surface area (Å²) in [5.74, 6) is 0.195. The van der Waals surface area contributed by atoms with Crippen molar-refractivity contribution in [3.8, 4) is 5.75 Å². The zero-order valence-electron chi connectivity index (χ0n) is 12.8. The maximum absolute atomic E-state index is 9.94. The first-order valence-electron chi connectivity index (χ1n) is 6.91. The minimum atomic E-state index is -0.501. The lowest BCUT2D eigenvalue weighted by Crippen LogP contribution is -2.41. The van der Waals surface area contributed by atoms with E-state index < -0.39 is 18.3 Å². The summed E-state index contributed by atoms with van der Waals surface area (Å²) in [5, 5.41) is 9.94. The van der Waals surface area contributed by atoms with Crippen LogP contribution in [0.4, 0.5) is 0 Å². The molecule has 114 valence electrons. The Balaban J connectivity index is 2.33. The molecule has 0 amide bonds. The first kappa shape index (κ1) is 16.6. The van der Waals surface area contributed by atoms with E-state index >= 15 is 0 Å². The number of rotatable bonds is 3. The molecule has 1 aromatic carbocycles. The maximum atomic E-state index is 9.94. The van der Waals surface area contributed by atoms with Crippen LogP contribution in [0.2, 0.25) is 0 Å². The molecule has 0 saturated carbocycles. The van der Waals surface area contributed by atoms with Gasteiger partial charge in [-0.1, -0.05) is 22.0 Å². The largest absolute Gasteiger partial charge is 0.507 e. The molecule has 1 fully saturated rings. The molecule has 0 spiro atoms. The van der Waals surface area contributed by atoms with Gasteiger partial charge in [-0.15, -0.1) is 0 Å². The molecule has 1 aliphatic heterocycles. The lowest BCUT2D eigenvalue weighted by Gasteiger charge is -2.32. The second kappa shape index (κ2) is 5.76. The molecule has 2 rings (SSSR count). The van der Waals surface area contributed by atoms with Crippen molar-refractivity contribution < 1.29 is 14.4 Å². The summed E-state index contributed by atoms with van der Waals surface area (Å²) in [5.41, 5.74) is 6.49. The van der Waals surface area contributed by atoms with Crippen molar-refractivity contribution in [2.75, 3.05) is 6.54 Å². The third-order valence-electron chi connectivity index (χ3n) is 4.12. The van der Waals surface area contributed by atoms with Gasteiger partial charge in [-0.3, -0.25) is 0 Å². The maximum Gasteiger partial charge on any atom is 0.491 e. The number of aromatic hydroxyl groups is 1. The van der Waals surface area contributed by atoms with E-state index in [9.17, 15) is 5.11 Å². The Morgan fingerprint density at radius 1 is 1.29 bits per heavy atom. The Labute approximate surface area is 134 Å². The topological polar surface area (TPSA) is 64.7 Å². The summed E-state index contributed by atoms with van der Waals surface area (Å²) in [6, 6.07) is 5.24. The Kier molecular flexibility index (Phi) is 4.54. The van der Waals surface area contributed by atoms with E-state index in [4.69, 9.17) is 15.0 Å². The molecule has 0 aromatic heterocycles. The molecule has 0 aliphatic carbocycles. The van der Waals surface area contributed by atoms with E-state index in [0.29, 0.717) is 12.1 Å². The highest BCUT2D eigenvalue weighted by Crippen LogP contribution is 2.39. The van der Waals surface area contributed by atoms with Crippen LogP contribution in [0, 0.1) is 0 Å². The van der Waals surface area contributed by atoms with E-state index in [-0.39, 0.29) is 5.75 Å². The SMILES string of the molecule is CC1(C)OB(C(=Cc2cc(Br)ccc2O)CN)OC1(C)C. The van der Waals surface area contributed by atoms with Crippen molar-refractivity contribution in [2.24, 2.45) is 5.73 Å². The van der Waals surface area contributed by atoms with Crippen LogP contribution in [0.1, 0.15) is 33.3 Å². The van der Waals surface area contributed by atoms with Crippen molar-refractivity contribution in [1.29, 1.82) is 0 Å². The molecule has 1 aliphatic rings. The van der Waals surface area contributed by atoms with Crippen LogP contribution in [0.5, 0.6) is 5.75 Å². The van der Waals surface area contributed by atoms with Gasteiger partial charge in [-0.2, -0.15) is 0 Å². The van der Waals surface area contributed by atoms with Gasteiger partial charge in [0.05, 0.1) is 11.2 Å². The van der Waals surface area contributed by atoms with Crippen LogP contribution in [-0.4, -0.2) is 30.0 Å². The van der Waals surface area contributed by atoms with Crippen LogP contribution in [-0.2, 0) is 9.31 Å². The van der Waals surface area contributed by atoms with E-state index in [2.05, 4.69) is 15.9 Å². The average molecular weight is 354 g/mol. The quantitative estimate of drug-likeness (QED) is 0.819. The molecule has 0 unspecified atom stereocenters. The van der Waals surface area contributed by atoms with E-state index in [0.717, 1.165) is 9.95 Å². The van der Waals surface area contributed by atoms with Gasteiger partial charge in [0.1, 0.15) is 5.75 Å². The summed E-state index contributed by atoms with van der Waals surface area (Å²) in [7, 11) is -0.501. The predicted octanol–water partition coefficient (Wildman–Crippen LogP) is 3.13. The fourth-order valence-electron chi connectivity index (χ4n) is 2.06. The van der Waals surface area contributed by atoms with Crippen LogP contribution in [0.15, 0.2) is 28.1 Å². The number of hydrogen-bond acceptors (Lipinski definition) is 4. The predicted molar refractivity (Wildman–Crippen MR) is 88.9 cm³/mol. The Morgan fingerprint density at radius 3 is 2.38 bits per heavy atom. The fourth-order valence-corrected chi connectivity index (χ4v) is 2.44. The summed E-state index contributed by atoms with van der Waals surface area (Å²) < 4.78 is 12.9. The third-order valence-corrected chi connectivity index (χ3v) is 4.62. The minimum Gasteiger partial charge on any atom is -0.507 e. The van der Waals surface area contributed by atoms with Crippen LogP contribution < -0.4 is 5.73 Å². The lowest BCUT2D eigenvalue weighted by atomic mass is 9.77. The molecule has 1 heterocycles. The minimum absolute atomic E-state index is 0.195. The van der Waals surface area contributed by atoms with Crippen molar-refractivity contribution in [2.45, 2.75) is 38.9 Å². The molecular weight excluding hydrogens is 333 g/mol. The summed E-state index contributed by atoms with van der Waals surface area (Å²) in [6.45, 7) is 8.29. The monoisotopic (exact) mass is 353 g/mol. The zero-order valence-corrected chi connectivity index (χ0v) is 14.4. The van der Waals surface area contributed by atoms with Crippen molar-refractivity contribution in [1.82, 2.24) is 0 Å². The average Bonchev–Trinajstić information content (AvgIpc) is 2.59. The number of hydrogen-bond donors (Lipinski definition) is 2. The van der Waals surface area contributed by atoms with Gasteiger partial charge in [0.2, 0.25) is 0 Å². The lowest BCUT2D eigenvalue weighted by molar-refractivity contribution is 0.00578. The highest BCUT2D eigenvalue weighted by molar-refractivity contribution is 9.10. The highest BCUT2D eigenvalue weighted by Gasteiger charge is 2.52. The van der Waals surface area contributed by atoms with Crippen LogP contribution in [0.25, 0.3) is 6.08 Å². The van der Waals surface area contributed by atoms with E-state index in [1.54, 1.807) is 12.1 Å². The molecule has 1 saturated heterocycles. The van der Waals surface area contributed by atoms with Gasteiger partial charge in [0.25, 0.3) is 0 Å². The number of phenolic OH excluding ortho intramolecular Hbond substituents is 1.